The van der Waals surface area contributed by atoms with Crippen LogP contribution in [0.15, 0.2) is 0 Å². The summed E-state index contributed by atoms with van der Waals surface area (Å²) in [5, 5.41) is 2.83. The summed E-state index contributed by atoms with van der Waals surface area (Å²) in [5.41, 5.74) is 0. The standard InChI is InChI=1S/C9H17NO2/c1-7-3-4-12-6-9(7)5-10-8(2)11/h7,9H,3-6H2,1-2H3,(H,10,11). The molecule has 2 unspecified atom stereocenters. The molecule has 0 radical (unpaired) electrons. The Morgan fingerprint density at radius 3 is 3.00 bits per heavy atom. The highest BCUT2D eigenvalue weighted by molar-refractivity contribution is 5.72. The molecule has 0 aromatic rings. The molecule has 1 aliphatic rings. The van der Waals surface area contributed by atoms with Crippen LogP contribution < -0.4 is 5.32 Å². The summed E-state index contributed by atoms with van der Waals surface area (Å²) in [7, 11) is 0. The molecule has 0 aromatic heterocycles. The minimum absolute atomic E-state index is 0.0489. The van der Waals surface area contributed by atoms with Gasteiger partial charge in [0, 0.05) is 26.0 Å². The molecule has 0 aromatic carbocycles. The molecule has 70 valence electrons. The molecule has 1 saturated heterocycles. The molecule has 1 N–H and O–H groups in total. The van der Waals surface area contributed by atoms with E-state index in [0.717, 1.165) is 26.2 Å². The zero-order valence-corrected chi connectivity index (χ0v) is 7.80. The van der Waals surface area contributed by atoms with E-state index in [2.05, 4.69) is 12.2 Å². The summed E-state index contributed by atoms with van der Waals surface area (Å²) >= 11 is 0. The lowest BCUT2D eigenvalue weighted by molar-refractivity contribution is -0.119. The normalized spacial score (nSPS) is 29.8. The molecule has 1 amide bonds. The molecule has 0 bridgehead atoms. The maximum Gasteiger partial charge on any atom is 0.216 e. The minimum atomic E-state index is 0.0489. The van der Waals surface area contributed by atoms with E-state index in [0.29, 0.717) is 11.8 Å². The van der Waals surface area contributed by atoms with Crippen LogP contribution in [-0.2, 0) is 9.53 Å². The highest BCUT2D eigenvalue weighted by atomic mass is 16.5. The highest BCUT2D eigenvalue weighted by Gasteiger charge is 2.21. The van der Waals surface area contributed by atoms with E-state index in [1.807, 2.05) is 0 Å². The topological polar surface area (TPSA) is 38.3 Å². The lowest BCUT2D eigenvalue weighted by atomic mass is 9.90. The third kappa shape index (κ3) is 2.81. The monoisotopic (exact) mass is 171 g/mol. The largest absolute Gasteiger partial charge is 0.381 e. The first-order chi connectivity index (χ1) is 5.70. The van der Waals surface area contributed by atoms with Crippen LogP contribution in [0.4, 0.5) is 0 Å². The zero-order chi connectivity index (χ0) is 8.97. The van der Waals surface area contributed by atoms with Crippen molar-refractivity contribution in [1.82, 2.24) is 5.32 Å². The van der Waals surface area contributed by atoms with Gasteiger partial charge in [0.25, 0.3) is 0 Å². The van der Waals surface area contributed by atoms with Crippen molar-refractivity contribution in [3.8, 4) is 0 Å². The average Bonchev–Trinajstić information content (AvgIpc) is 2.03. The number of carbonyl (C=O) groups excluding carboxylic acids is 1. The molecular weight excluding hydrogens is 154 g/mol. The van der Waals surface area contributed by atoms with Crippen LogP contribution in [0.25, 0.3) is 0 Å². The predicted octanol–water partition coefficient (Wildman–Crippen LogP) is 0.795. The molecule has 1 aliphatic heterocycles. The van der Waals surface area contributed by atoms with Gasteiger partial charge in [0.1, 0.15) is 0 Å². The van der Waals surface area contributed by atoms with E-state index < -0.39 is 0 Å². The quantitative estimate of drug-likeness (QED) is 0.667. The van der Waals surface area contributed by atoms with Crippen molar-refractivity contribution in [3.63, 3.8) is 0 Å². The van der Waals surface area contributed by atoms with Crippen LogP contribution in [0.3, 0.4) is 0 Å². The Morgan fingerprint density at radius 1 is 1.67 bits per heavy atom. The van der Waals surface area contributed by atoms with Crippen LogP contribution in [0.1, 0.15) is 20.3 Å². The highest BCUT2D eigenvalue weighted by Crippen LogP contribution is 2.19. The molecule has 2 atom stereocenters. The first-order valence-electron chi connectivity index (χ1n) is 4.52. The Balaban J connectivity index is 2.24. The van der Waals surface area contributed by atoms with Gasteiger partial charge in [-0.05, 0) is 12.3 Å². The second-order valence-corrected chi connectivity index (χ2v) is 3.54. The summed E-state index contributed by atoms with van der Waals surface area (Å²) < 4.78 is 5.33. The third-order valence-electron chi connectivity index (χ3n) is 2.47. The van der Waals surface area contributed by atoms with Crippen molar-refractivity contribution < 1.29 is 9.53 Å². The van der Waals surface area contributed by atoms with Crippen LogP contribution >= 0.6 is 0 Å². The molecule has 12 heavy (non-hydrogen) atoms. The van der Waals surface area contributed by atoms with E-state index >= 15 is 0 Å². The summed E-state index contributed by atoms with van der Waals surface area (Å²) in [6, 6.07) is 0. The Morgan fingerprint density at radius 2 is 2.42 bits per heavy atom. The Hall–Kier alpha value is -0.570. The summed E-state index contributed by atoms with van der Waals surface area (Å²) in [6.45, 7) is 6.19. The lowest BCUT2D eigenvalue weighted by Crippen LogP contribution is -2.36. The van der Waals surface area contributed by atoms with Crippen molar-refractivity contribution >= 4 is 5.91 Å². The van der Waals surface area contributed by atoms with Gasteiger partial charge in [0.15, 0.2) is 0 Å². The van der Waals surface area contributed by atoms with Gasteiger partial charge in [-0.2, -0.15) is 0 Å². The number of hydrogen-bond acceptors (Lipinski definition) is 2. The van der Waals surface area contributed by atoms with Gasteiger partial charge in [-0.1, -0.05) is 6.92 Å². The van der Waals surface area contributed by atoms with Crippen molar-refractivity contribution in [3.05, 3.63) is 0 Å². The molecule has 1 heterocycles. The lowest BCUT2D eigenvalue weighted by Gasteiger charge is -2.28. The van der Waals surface area contributed by atoms with Crippen molar-refractivity contribution in [2.24, 2.45) is 11.8 Å². The molecule has 1 rings (SSSR count). The van der Waals surface area contributed by atoms with E-state index in [1.165, 1.54) is 0 Å². The predicted molar refractivity (Wildman–Crippen MR) is 46.8 cm³/mol. The van der Waals surface area contributed by atoms with Crippen molar-refractivity contribution in [2.75, 3.05) is 19.8 Å². The molecule has 1 fully saturated rings. The smallest absolute Gasteiger partial charge is 0.216 e. The molecule has 0 saturated carbocycles. The van der Waals surface area contributed by atoms with Crippen LogP contribution in [0.5, 0.6) is 0 Å². The van der Waals surface area contributed by atoms with Gasteiger partial charge in [0.2, 0.25) is 5.91 Å². The maximum absolute atomic E-state index is 10.6. The van der Waals surface area contributed by atoms with Gasteiger partial charge >= 0.3 is 0 Å². The fourth-order valence-corrected chi connectivity index (χ4v) is 1.44. The SMILES string of the molecule is CC(=O)NCC1COCCC1C. The van der Waals surface area contributed by atoms with Gasteiger partial charge in [-0.25, -0.2) is 0 Å². The van der Waals surface area contributed by atoms with Gasteiger partial charge in [0.05, 0.1) is 6.61 Å². The van der Waals surface area contributed by atoms with Crippen LogP contribution in [0, 0.1) is 11.8 Å². The Kier molecular flexibility index (Phi) is 3.53. The summed E-state index contributed by atoms with van der Waals surface area (Å²) in [4.78, 5) is 10.6. The molecule has 3 heteroatoms. The number of amides is 1. The van der Waals surface area contributed by atoms with Gasteiger partial charge < -0.3 is 10.1 Å². The first kappa shape index (κ1) is 9.52. The first-order valence-corrected chi connectivity index (χ1v) is 4.52. The van der Waals surface area contributed by atoms with E-state index in [4.69, 9.17) is 4.74 Å². The Labute approximate surface area is 73.5 Å². The number of hydrogen-bond donors (Lipinski definition) is 1. The Bertz CT molecular complexity index is 159. The molecule has 0 aliphatic carbocycles. The van der Waals surface area contributed by atoms with Crippen LogP contribution in [0.2, 0.25) is 0 Å². The number of nitrogens with one attached hydrogen (secondary N) is 1. The van der Waals surface area contributed by atoms with Crippen molar-refractivity contribution in [2.45, 2.75) is 20.3 Å². The fourth-order valence-electron chi connectivity index (χ4n) is 1.44. The van der Waals surface area contributed by atoms with E-state index in [1.54, 1.807) is 6.92 Å². The second kappa shape index (κ2) is 4.45. The van der Waals surface area contributed by atoms with E-state index in [-0.39, 0.29) is 5.91 Å². The minimum Gasteiger partial charge on any atom is -0.381 e. The molecule has 0 spiro atoms. The number of carbonyl (C=O) groups is 1. The van der Waals surface area contributed by atoms with Crippen LogP contribution in [-0.4, -0.2) is 25.7 Å². The van der Waals surface area contributed by atoms with Crippen molar-refractivity contribution in [1.29, 1.82) is 0 Å². The van der Waals surface area contributed by atoms with Gasteiger partial charge in [-0.3, -0.25) is 4.79 Å². The van der Waals surface area contributed by atoms with Gasteiger partial charge in [-0.15, -0.1) is 0 Å². The summed E-state index contributed by atoms with van der Waals surface area (Å²) in [5.74, 6) is 1.22. The fraction of sp³-hybridized carbons (Fsp3) is 0.889. The maximum atomic E-state index is 10.6. The third-order valence-corrected chi connectivity index (χ3v) is 2.47. The average molecular weight is 171 g/mol. The summed E-state index contributed by atoms with van der Waals surface area (Å²) in [6.07, 6.45) is 1.12. The molecule has 3 nitrogen and oxygen atoms in total. The number of rotatable bonds is 2. The number of ether oxygens (including phenoxy) is 1. The zero-order valence-electron chi connectivity index (χ0n) is 7.80. The molecular formula is C9H17NO2. The van der Waals surface area contributed by atoms with E-state index in [9.17, 15) is 4.79 Å². The second-order valence-electron chi connectivity index (χ2n) is 3.54.